The van der Waals surface area contributed by atoms with Crippen LogP contribution < -0.4 is 4.74 Å². The summed E-state index contributed by atoms with van der Waals surface area (Å²) in [6.07, 6.45) is -0.399. The third kappa shape index (κ3) is 3.31. The molecule has 0 saturated heterocycles. The Labute approximate surface area is 141 Å². The van der Waals surface area contributed by atoms with Crippen LogP contribution in [0.15, 0.2) is 57.4 Å². The Morgan fingerprint density at radius 1 is 1.14 bits per heavy atom. The minimum absolute atomic E-state index is 0.399. The number of benzene rings is 2. The lowest BCUT2D eigenvalue weighted by Crippen LogP contribution is -2.03. The fourth-order valence-electron chi connectivity index (χ4n) is 1.91. The molecule has 1 heterocycles. The second-order valence-electron chi connectivity index (χ2n) is 4.65. The van der Waals surface area contributed by atoms with Gasteiger partial charge in [0.25, 0.3) is 5.89 Å². The summed E-state index contributed by atoms with van der Waals surface area (Å²) in [6, 6.07) is 15.0. The maximum atomic E-state index is 6.14. The fourth-order valence-corrected chi connectivity index (χ4v) is 2.63. The quantitative estimate of drug-likeness (QED) is 0.618. The average molecular weight is 380 g/mol. The van der Waals surface area contributed by atoms with E-state index in [1.807, 2.05) is 43.3 Å². The molecule has 1 aromatic heterocycles. The van der Waals surface area contributed by atoms with E-state index in [9.17, 15) is 0 Å². The van der Waals surface area contributed by atoms with Crippen LogP contribution in [-0.4, -0.2) is 10.2 Å². The van der Waals surface area contributed by atoms with Crippen molar-refractivity contribution in [2.45, 2.75) is 13.0 Å². The molecule has 0 aliphatic rings. The molecule has 0 amide bonds. The first kappa shape index (κ1) is 15.1. The molecule has 0 radical (unpaired) electrons. The Kier molecular flexibility index (Phi) is 4.45. The second kappa shape index (κ2) is 6.50. The molecule has 0 spiro atoms. The number of halogens is 2. The predicted octanol–water partition coefficient (Wildman–Crippen LogP) is 5.29. The van der Waals surface area contributed by atoms with Gasteiger partial charge in [-0.2, -0.15) is 0 Å². The molecule has 0 aliphatic carbocycles. The average Bonchev–Trinajstić information content (AvgIpc) is 3.01. The van der Waals surface area contributed by atoms with Gasteiger partial charge in [0.05, 0.1) is 5.02 Å². The van der Waals surface area contributed by atoms with Gasteiger partial charge >= 0.3 is 0 Å². The molecule has 0 unspecified atom stereocenters. The molecule has 6 heteroatoms. The highest BCUT2D eigenvalue weighted by molar-refractivity contribution is 9.10. The minimum atomic E-state index is -0.399. The number of nitrogens with zero attached hydrogens (tertiary/aromatic N) is 2. The maximum absolute atomic E-state index is 6.14. The molecule has 3 aromatic rings. The van der Waals surface area contributed by atoms with Crippen molar-refractivity contribution in [2.75, 3.05) is 0 Å². The van der Waals surface area contributed by atoms with Crippen LogP contribution in [0.2, 0.25) is 5.02 Å². The highest BCUT2D eigenvalue weighted by atomic mass is 79.9. The number of ether oxygens (including phenoxy) is 1. The lowest BCUT2D eigenvalue weighted by Gasteiger charge is -2.12. The van der Waals surface area contributed by atoms with E-state index in [1.54, 1.807) is 12.1 Å². The van der Waals surface area contributed by atoms with Gasteiger partial charge in [-0.3, -0.25) is 0 Å². The molecule has 4 nitrogen and oxygen atoms in total. The van der Waals surface area contributed by atoms with E-state index in [1.165, 1.54) is 0 Å². The van der Waals surface area contributed by atoms with Crippen LogP contribution in [0, 0.1) is 0 Å². The molecule has 0 saturated carbocycles. The molecule has 112 valence electrons. The van der Waals surface area contributed by atoms with E-state index in [0.29, 0.717) is 22.6 Å². The van der Waals surface area contributed by atoms with E-state index in [4.69, 9.17) is 20.8 Å². The van der Waals surface area contributed by atoms with Gasteiger partial charge in [-0.15, -0.1) is 10.2 Å². The van der Waals surface area contributed by atoms with Crippen LogP contribution in [0.3, 0.4) is 0 Å². The van der Waals surface area contributed by atoms with E-state index in [2.05, 4.69) is 26.1 Å². The first-order valence-electron chi connectivity index (χ1n) is 6.64. The first-order valence-corrected chi connectivity index (χ1v) is 7.81. The van der Waals surface area contributed by atoms with Gasteiger partial charge in [0.2, 0.25) is 5.89 Å². The second-order valence-corrected chi connectivity index (χ2v) is 5.97. The van der Waals surface area contributed by atoms with Crippen molar-refractivity contribution in [1.82, 2.24) is 10.2 Å². The molecule has 22 heavy (non-hydrogen) atoms. The van der Waals surface area contributed by atoms with Crippen molar-refractivity contribution < 1.29 is 9.15 Å². The SMILES string of the molecule is C[C@H](Oc1ccc(Br)cc1Cl)c1nnc(-c2ccccc2)o1. The van der Waals surface area contributed by atoms with E-state index >= 15 is 0 Å². The van der Waals surface area contributed by atoms with Gasteiger partial charge in [-0.25, -0.2) is 0 Å². The predicted molar refractivity (Wildman–Crippen MR) is 87.9 cm³/mol. The molecule has 1 atom stereocenters. The third-order valence-corrected chi connectivity index (χ3v) is 3.80. The van der Waals surface area contributed by atoms with E-state index in [-0.39, 0.29) is 0 Å². The molecule has 2 aromatic carbocycles. The Bertz CT molecular complexity index is 777. The Balaban J connectivity index is 1.78. The van der Waals surface area contributed by atoms with Crippen LogP contribution in [0.25, 0.3) is 11.5 Å². The molecular weight excluding hydrogens is 368 g/mol. The summed E-state index contributed by atoms with van der Waals surface area (Å²) >= 11 is 9.50. The molecule has 0 bridgehead atoms. The smallest absolute Gasteiger partial charge is 0.257 e. The summed E-state index contributed by atoms with van der Waals surface area (Å²) in [6.45, 7) is 1.83. The zero-order valence-corrected chi connectivity index (χ0v) is 14.0. The molecule has 0 N–H and O–H groups in total. The van der Waals surface area contributed by atoms with Crippen molar-refractivity contribution in [3.05, 3.63) is 63.9 Å². The first-order chi connectivity index (χ1) is 10.6. The zero-order valence-electron chi connectivity index (χ0n) is 11.7. The van der Waals surface area contributed by atoms with Crippen molar-refractivity contribution in [1.29, 1.82) is 0 Å². The zero-order chi connectivity index (χ0) is 15.5. The van der Waals surface area contributed by atoms with Crippen molar-refractivity contribution in [3.8, 4) is 17.2 Å². The highest BCUT2D eigenvalue weighted by Gasteiger charge is 2.17. The Hall–Kier alpha value is -1.85. The lowest BCUT2D eigenvalue weighted by molar-refractivity contribution is 0.190. The monoisotopic (exact) mass is 378 g/mol. The minimum Gasteiger partial charge on any atom is -0.479 e. The summed E-state index contributed by atoms with van der Waals surface area (Å²) in [7, 11) is 0. The van der Waals surface area contributed by atoms with Crippen LogP contribution in [0.1, 0.15) is 18.9 Å². The number of hydrogen-bond acceptors (Lipinski definition) is 4. The normalized spacial score (nSPS) is 12.1. The Morgan fingerprint density at radius 2 is 1.91 bits per heavy atom. The third-order valence-electron chi connectivity index (χ3n) is 3.01. The van der Waals surface area contributed by atoms with Crippen molar-refractivity contribution in [2.24, 2.45) is 0 Å². The maximum Gasteiger partial charge on any atom is 0.257 e. The summed E-state index contributed by atoms with van der Waals surface area (Å²) in [4.78, 5) is 0. The van der Waals surface area contributed by atoms with Crippen LogP contribution in [0.5, 0.6) is 5.75 Å². The van der Waals surface area contributed by atoms with Crippen LogP contribution in [-0.2, 0) is 0 Å². The van der Waals surface area contributed by atoms with Crippen molar-refractivity contribution in [3.63, 3.8) is 0 Å². The Morgan fingerprint density at radius 3 is 2.64 bits per heavy atom. The molecule has 3 rings (SSSR count). The number of hydrogen-bond donors (Lipinski definition) is 0. The summed E-state index contributed by atoms with van der Waals surface area (Å²) in [5.74, 6) is 1.43. The fraction of sp³-hybridized carbons (Fsp3) is 0.125. The van der Waals surface area contributed by atoms with Gasteiger partial charge < -0.3 is 9.15 Å². The topological polar surface area (TPSA) is 48.2 Å². The van der Waals surface area contributed by atoms with Gasteiger partial charge in [-0.05, 0) is 37.3 Å². The van der Waals surface area contributed by atoms with Crippen molar-refractivity contribution >= 4 is 27.5 Å². The van der Waals surface area contributed by atoms with Gasteiger partial charge in [0.1, 0.15) is 5.75 Å². The highest BCUT2D eigenvalue weighted by Crippen LogP contribution is 2.31. The summed E-state index contributed by atoms with van der Waals surface area (Å²) in [5, 5.41) is 8.61. The molecule has 0 aliphatic heterocycles. The standard InChI is InChI=1S/C16H12BrClN2O2/c1-10(21-14-8-7-12(17)9-13(14)18)15-19-20-16(22-15)11-5-3-2-4-6-11/h2-10H,1H3/t10-/m0/s1. The summed E-state index contributed by atoms with van der Waals surface area (Å²) < 4.78 is 12.3. The van der Waals surface area contributed by atoms with Gasteiger partial charge in [0.15, 0.2) is 6.10 Å². The van der Waals surface area contributed by atoms with Crippen LogP contribution >= 0.6 is 27.5 Å². The van der Waals surface area contributed by atoms with Gasteiger partial charge in [-0.1, -0.05) is 45.7 Å². The van der Waals surface area contributed by atoms with E-state index in [0.717, 1.165) is 10.0 Å². The summed E-state index contributed by atoms with van der Waals surface area (Å²) in [5.41, 5.74) is 0.870. The van der Waals surface area contributed by atoms with Crippen LogP contribution in [0.4, 0.5) is 0 Å². The molecule has 0 fully saturated rings. The number of rotatable bonds is 4. The lowest BCUT2D eigenvalue weighted by atomic mass is 10.2. The number of aromatic nitrogens is 2. The molecular formula is C16H12BrClN2O2. The van der Waals surface area contributed by atoms with Gasteiger partial charge in [0, 0.05) is 10.0 Å². The van der Waals surface area contributed by atoms with E-state index < -0.39 is 6.10 Å². The largest absolute Gasteiger partial charge is 0.479 e.